The minimum absolute atomic E-state index is 0.00925. The highest BCUT2D eigenvalue weighted by atomic mass is 16.6. The number of allylic oxidation sites excluding steroid dienone is 2. The summed E-state index contributed by atoms with van der Waals surface area (Å²) in [5.41, 5.74) is 4.18. The van der Waals surface area contributed by atoms with Crippen LogP contribution in [-0.2, 0) is 25.5 Å². The first kappa shape index (κ1) is 32.6. The van der Waals surface area contributed by atoms with Gasteiger partial charge in [0.25, 0.3) is 0 Å². The molecule has 8 heteroatoms. The number of ketones is 1. The average molecular weight is 644 g/mol. The first-order valence-electron chi connectivity index (χ1n) is 18.2. The fraction of sp³-hybridized carbons (Fsp3) is 0.667. The number of rotatable bonds is 7. The van der Waals surface area contributed by atoms with Gasteiger partial charge in [-0.2, -0.15) is 0 Å². The van der Waals surface area contributed by atoms with E-state index in [4.69, 9.17) is 9.47 Å². The van der Waals surface area contributed by atoms with Crippen LogP contribution in [0, 0.1) is 35.0 Å². The third-order valence-corrected chi connectivity index (χ3v) is 13.1. The Morgan fingerprint density at radius 3 is 2.68 bits per heavy atom. The quantitative estimate of drug-likeness (QED) is 0.262. The van der Waals surface area contributed by atoms with Crippen LogP contribution >= 0.6 is 0 Å². The van der Waals surface area contributed by atoms with Crippen LogP contribution in [0.5, 0.6) is 0 Å². The minimum atomic E-state index is -0.449. The number of benzene rings is 1. The highest BCUT2D eigenvalue weighted by Gasteiger charge is 2.63. The van der Waals surface area contributed by atoms with Crippen molar-refractivity contribution in [3.8, 4) is 0 Å². The van der Waals surface area contributed by atoms with Gasteiger partial charge in [-0.15, -0.1) is 0 Å². The van der Waals surface area contributed by atoms with E-state index in [1.165, 1.54) is 11.1 Å². The zero-order valence-corrected chi connectivity index (χ0v) is 28.6. The molecule has 47 heavy (non-hydrogen) atoms. The molecule has 8 nitrogen and oxygen atoms in total. The monoisotopic (exact) mass is 643 g/mol. The highest BCUT2D eigenvalue weighted by molar-refractivity contribution is 6.02. The molecule has 2 saturated carbocycles. The molecule has 0 bridgehead atoms. The molecule has 1 aromatic rings. The molecular weight excluding hydrogens is 590 g/mol. The first-order valence-corrected chi connectivity index (χ1v) is 18.2. The molecule has 2 aliphatic heterocycles. The molecule has 1 aromatic carbocycles. The van der Waals surface area contributed by atoms with Crippen molar-refractivity contribution in [2.75, 3.05) is 19.6 Å². The molecule has 6 aliphatic rings. The van der Waals surface area contributed by atoms with Gasteiger partial charge < -0.3 is 25.4 Å². The first-order chi connectivity index (χ1) is 22.6. The van der Waals surface area contributed by atoms with Crippen LogP contribution in [0.25, 0.3) is 0 Å². The number of piperidine rings is 1. The Kier molecular flexibility index (Phi) is 8.88. The molecule has 254 valence electrons. The number of alkyl carbamates (subject to hydrolysis) is 1. The summed E-state index contributed by atoms with van der Waals surface area (Å²) in [5.74, 6) is 1.94. The molecule has 0 unspecified atom stereocenters. The topological polar surface area (TPSA) is 106 Å². The van der Waals surface area contributed by atoms with Crippen LogP contribution in [0.15, 0.2) is 53.1 Å². The molecule has 4 fully saturated rings. The number of amides is 2. The molecule has 10 atom stereocenters. The van der Waals surface area contributed by atoms with Gasteiger partial charge in [-0.25, -0.2) is 4.79 Å². The Labute approximate surface area is 279 Å². The number of nitrogens with one attached hydrogen (secondary N) is 3. The van der Waals surface area contributed by atoms with E-state index in [1.54, 1.807) is 0 Å². The standard InChI is InChI=1S/C39H53N3O5/c1-23-20-31-35(42-22-23)25(3)39(47-31)17-15-29-30-12-11-27-21-28(14-16-38(27,4)34(30)36(44)33(29)24(39)2)46-37(45)41-19-18-40-32(43)13-10-26-8-6-5-7-9-26/h5-9,11,23,25,28-31,34-35,42H,10,12-22H2,1-4H3,(H,40,43)(H,41,45)/t23-,25+,28-,29-,30-,31+,34+,35-,38-,39-/m0/s1. The van der Waals surface area contributed by atoms with E-state index < -0.39 is 6.09 Å². The van der Waals surface area contributed by atoms with Crippen LogP contribution in [0.3, 0.4) is 0 Å². The number of hydrogen-bond acceptors (Lipinski definition) is 6. The Balaban J connectivity index is 0.939. The van der Waals surface area contributed by atoms with Crippen LogP contribution in [0.2, 0.25) is 0 Å². The van der Waals surface area contributed by atoms with Crippen molar-refractivity contribution >= 4 is 17.8 Å². The van der Waals surface area contributed by atoms with Crippen molar-refractivity contribution in [2.24, 2.45) is 35.0 Å². The van der Waals surface area contributed by atoms with E-state index in [9.17, 15) is 14.4 Å². The predicted molar refractivity (Wildman–Crippen MR) is 180 cm³/mol. The summed E-state index contributed by atoms with van der Waals surface area (Å²) >= 11 is 0. The number of carbonyl (C=O) groups is 3. The van der Waals surface area contributed by atoms with Crippen molar-refractivity contribution in [1.82, 2.24) is 16.0 Å². The SMILES string of the molecule is CC1=C2C(=O)[C@H]3[C@@H](CC=C4C[C@@H](OC(=O)NCCNC(=O)CCc5ccccc5)CC[C@@]43C)[C@@H]2CC[C@]12O[C@@H]1C[C@H](C)CN[C@H]1[C@H]2C. The maximum absolute atomic E-state index is 14.5. The van der Waals surface area contributed by atoms with Crippen LogP contribution in [0.1, 0.15) is 84.6 Å². The molecule has 3 N–H and O–H groups in total. The van der Waals surface area contributed by atoms with Crippen molar-refractivity contribution < 1.29 is 23.9 Å². The van der Waals surface area contributed by atoms with E-state index in [1.807, 2.05) is 30.3 Å². The van der Waals surface area contributed by atoms with Gasteiger partial charge in [0.2, 0.25) is 5.91 Å². The number of aryl methyl sites for hydroxylation is 1. The molecule has 2 amide bonds. The number of ether oxygens (including phenoxy) is 2. The summed E-state index contributed by atoms with van der Waals surface area (Å²) in [6, 6.07) is 10.3. The molecular formula is C39H53N3O5. The van der Waals surface area contributed by atoms with E-state index in [-0.39, 0.29) is 35.0 Å². The molecule has 2 saturated heterocycles. The lowest BCUT2D eigenvalue weighted by molar-refractivity contribution is -0.123. The third-order valence-electron chi connectivity index (χ3n) is 13.1. The van der Waals surface area contributed by atoms with Gasteiger partial charge in [0, 0.05) is 49.4 Å². The van der Waals surface area contributed by atoms with Gasteiger partial charge in [-0.05, 0) is 92.7 Å². The Bertz CT molecular complexity index is 1460. The van der Waals surface area contributed by atoms with Gasteiger partial charge in [0.15, 0.2) is 5.78 Å². The molecule has 0 aromatic heterocycles. The molecule has 1 spiro atoms. The lowest BCUT2D eigenvalue weighted by Gasteiger charge is -2.48. The summed E-state index contributed by atoms with van der Waals surface area (Å²) in [6.07, 6.45) is 9.35. The summed E-state index contributed by atoms with van der Waals surface area (Å²) < 4.78 is 12.9. The second kappa shape index (κ2) is 12.8. The van der Waals surface area contributed by atoms with Crippen molar-refractivity contribution in [2.45, 2.75) is 109 Å². The summed E-state index contributed by atoms with van der Waals surface area (Å²) in [5, 5.41) is 9.46. The summed E-state index contributed by atoms with van der Waals surface area (Å²) in [6.45, 7) is 10.9. The van der Waals surface area contributed by atoms with Crippen molar-refractivity contribution in [3.63, 3.8) is 0 Å². The van der Waals surface area contributed by atoms with E-state index >= 15 is 0 Å². The number of Topliss-reactive ketones (excluding diaryl/α,β-unsaturated/α-hetero) is 1. The van der Waals surface area contributed by atoms with Crippen LogP contribution in [-0.4, -0.2) is 61.3 Å². The van der Waals surface area contributed by atoms with E-state index in [2.05, 4.69) is 49.7 Å². The fourth-order valence-electron chi connectivity index (χ4n) is 10.6. The molecule has 4 aliphatic carbocycles. The maximum atomic E-state index is 14.5. The number of hydrogen-bond donors (Lipinski definition) is 3. The largest absolute Gasteiger partial charge is 0.446 e. The van der Waals surface area contributed by atoms with Crippen molar-refractivity contribution in [3.05, 3.63) is 58.7 Å². The second-order valence-electron chi connectivity index (χ2n) is 15.7. The number of fused-ring (bicyclic) bond motifs is 6. The Morgan fingerprint density at radius 1 is 1.09 bits per heavy atom. The normalized spacial score (nSPS) is 39.0. The summed E-state index contributed by atoms with van der Waals surface area (Å²) in [4.78, 5) is 39.4. The third kappa shape index (κ3) is 5.77. The summed E-state index contributed by atoms with van der Waals surface area (Å²) in [7, 11) is 0. The van der Waals surface area contributed by atoms with Crippen molar-refractivity contribution in [1.29, 1.82) is 0 Å². The Morgan fingerprint density at radius 2 is 1.87 bits per heavy atom. The zero-order valence-electron chi connectivity index (χ0n) is 28.6. The average Bonchev–Trinajstić information content (AvgIpc) is 3.51. The second-order valence-corrected chi connectivity index (χ2v) is 15.7. The van der Waals surface area contributed by atoms with Gasteiger partial charge in [0.1, 0.15) is 6.10 Å². The predicted octanol–water partition coefficient (Wildman–Crippen LogP) is 5.66. The van der Waals surface area contributed by atoms with Crippen LogP contribution < -0.4 is 16.0 Å². The number of carbonyl (C=O) groups excluding carboxylic acids is 3. The Hall–Kier alpha value is -2.97. The van der Waals surface area contributed by atoms with Gasteiger partial charge in [0.05, 0.1) is 11.7 Å². The minimum Gasteiger partial charge on any atom is -0.446 e. The molecule has 2 heterocycles. The lowest BCUT2D eigenvalue weighted by Crippen LogP contribution is -2.49. The van der Waals surface area contributed by atoms with Gasteiger partial charge in [-0.3, -0.25) is 9.59 Å². The zero-order chi connectivity index (χ0) is 32.9. The van der Waals surface area contributed by atoms with Gasteiger partial charge in [-0.1, -0.05) is 62.8 Å². The molecule has 0 radical (unpaired) electrons. The lowest BCUT2D eigenvalue weighted by atomic mass is 9.56. The fourth-order valence-corrected chi connectivity index (χ4v) is 10.6. The van der Waals surface area contributed by atoms with Crippen LogP contribution in [0.4, 0.5) is 4.79 Å². The van der Waals surface area contributed by atoms with Gasteiger partial charge >= 0.3 is 6.09 Å². The maximum Gasteiger partial charge on any atom is 0.407 e. The van der Waals surface area contributed by atoms with E-state index in [0.717, 1.165) is 56.2 Å². The highest BCUT2D eigenvalue weighted by Crippen LogP contribution is 2.63. The smallest absolute Gasteiger partial charge is 0.407 e. The molecule has 7 rings (SSSR count). The van der Waals surface area contributed by atoms with E-state index in [0.29, 0.717) is 67.8 Å².